The van der Waals surface area contributed by atoms with E-state index >= 15 is 0 Å². The van der Waals surface area contributed by atoms with Crippen molar-refractivity contribution in [2.75, 3.05) is 27.3 Å². The molecule has 11 heteroatoms. The monoisotopic (exact) mass is 636 g/mol. The van der Waals surface area contributed by atoms with Gasteiger partial charge in [0.1, 0.15) is 23.4 Å². The van der Waals surface area contributed by atoms with Gasteiger partial charge in [0.25, 0.3) is 11.5 Å². The van der Waals surface area contributed by atoms with Crippen LogP contribution >= 0.6 is 22.9 Å². The Hall–Kier alpha value is -4.15. The normalized spacial score (nSPS) is 14.8. The molecule has 0 spiro atoms. The summed E-state index contributed by atoms with van der Waals surface area (Å²) < 4.78 is 29.1. The molecule has 4 aromatic rings. The van der Waals surface area contributed by atoms with Crippen LogP contribution in [0.2, 0.25) is 5.02 Å². The first-order chi connectivity index (χ1) is 21.0. The molecule has 230 valence electrons. The molecule has 1 aliphatic rings. The van der Waals surface area contributed by atoms with Gasteiger partial charge in [-0.2, -0.15) is 0 Å². The molecule has 0 saturated heterocycles. The predicted molar refractivity (Wildman–Crippen MR) is 171 cm³/mol. The highest BCUT2D eigenvalue weighted by Crippen LogP contribution is 2.38. The molecule has 0 bridgehead atoms. The summed E-state index contributed by atoms with van der Waals surface area (Å²) in [6.45, 7) is 10.5. The summed E-state index contributed by atoms with van der Waals surface area (Å²) in [7, 11) is 3.12. The van der Waals surface area contributed by atoms with Gasteiger partial charge in [-0.25, -0.2) is 9.38 Å². The van der Waals surface area contributed by atoms with Gasteiger partial charge in [0.2, 0.25) is 0 Å². The van der Waals surface area contributed by atoms with Gasteiger partial charge in [-0.3, -0.25) is 14.2 Å². The third-order valence-electron chi connectivity index (χ3n) is 7.95. The molecule has 44 heavy (non-hydrogen) atoms. The maximum absolute atomic E-state index is 14.3. The van der Waals surface area contributed by atoms with Crippen LogP contribution in [-0.4, -0.2) is 47.3 Å². The van der Waals surface area contributed by atoms with Crippen LogP contribution in [0.4, 0.5) is 4.39 Å². The lowest BCUT2D eigenvalue weighted by Crippen LogP contribution is -2.43. The number of aryl methyl sites for hydroxylation is 1. The van der Waals surface area contributed by atoms with Gasteiger partial charge in [0.05, 0.1) is 35.0 Å². The predicted octanol–water partition coefficient (Wildman–Crippen LogP) is 5.32. The second kappa shape index (κ2) is 12.5. The molecule has 8 nitrogen and oxygen atoms in total. The Balaban J connectivity index is 1.74. The second-order valence-corrected chi connectivity index (χ2v) is 11.8. The van der Waals surface area contributed by atoms with Crippen molar-refractivity contribution in [2.24, 2.45) is 4.99 Å². The maximum atomic E-state index is 14.3. The van der Waals surface area contributed by atoms with Crippen molar-refractivity contribution >= 4 is 34.9 Å². The number of carbonyl (C=O) groups is 1. The Kier molecular flexibility index (Phi) is 8.85. The van der Waals surface area contributed by atoms with Crippen molar-refractivity contribution in [3.63, 3.8) is 0 Å². The number of nitrogens with zero attached hydrogens (tertiary/aromatic N) is 4. The van der Waals surface area contributed by atoms with Gasteiger partial charge in [-0.15, -0.1) is 0 Å². The van der Waals surface area contributed by atoms with Crippen molar-refractivity contribution in [1.29, 1.82) is 0 Å². The zero-order valence-electron chi connectivity index (χ0n) is 25.7. The van der Waals surface area contributed by atoms with E-state index in [9.17, 15) is 14.0 Å². The van der Waals surface area contributed by atoms with Gasteiger partial charge < -0.3 is 18.9 Å². The van der Waals surface area contributed by atoms with Crippen LogP contribution in [0.5, 0.6) is 11.5 Å². The van der Waals surface area contributed by atoms with Gasteiger partial charge in [-0.05, 0) is 88.7 Å². The summed E-state index contributed by atoms with van der Waals surface area (Å²) in [5, 5.41) is 0.0308. The summed E-state index contributed by atoms with van der Waals surface area (Å²) in [6, 6.07) is 11.1. The third kappa shape index (κ3) is 5.37. The van der Waals surface area contributed by atoms with Crippen LogP contribution in [0.25, 0.3) is 11.8 Å². The van der Waals surface area contributed by atoms with E-state index in [0.29, 0.717) is 56.4 Å². The minimum Gasteiger partial charge on any atom is -0.497 e. The van der Waals surface area contributed by atoms with Crippen molar-refractivity contribution < 1.29 is 18.7 Å². The lowest BCUT2D eigenvalue weighted by molar-refractivity contribution is -0.127. The zero-order chi connectivity index (χ0) is 31.9. The molecule has 1 amide bonds. The molecule has 5 rings (SSSR count). The Morgan fingerprint density at radius 1 is 1.09 bits per heavy atom. The lowest BCUT2D eigenvalue weighted by atomic mass is 9.93. The summed E-state index contributed by atoms with van der Waals surface area (Å²) in [6.07, 6.45) is 1.83. The van der Waals surface area contributed by atoms with Crippen LogP contribution in [0, 0.1) is 19.7 Å². The highest BCUT2D eigenvalue weighted by atomic mass is 35.5. The SMILES string of the molecule is CCN(CC)C(=O)C1=C(C)N=c2s/c(=C/c3cc(C)n(-c4ccc(F)c(Cl)c4)c3C)c(=O)n2[C@H]1c1cc(OC)ccc1OC. The quantitative estimate of drug-likeness (QED) is 0.262. The Bertz CT molecular complexity index is 1990. The minimum absolute atomic E-state index is 0.0308. The molecular weight excluding hydrogens is 603 g/mol. The number of hydrogen-bond acceptors (Lipinski definition) is 6. The van der Waals surface area contributed by atoms with Crippen LogP contribution < -0.4 is 24.4 Å². The van der Waals surface area contributed by atoms with Crippen molar-refractivity contribution in [3.8, 4) is 17.2 Å². The maximum Gasteiger partial charge on any atom is 0.271 e. The first-order valence-corrected chi connectivity index (χ1v) is 15.4. The number of amides is 1. The number of thiazole rings is 1. The van der Waals surface area contributed by atoms with Gasteiger partial charge >= 0.3 is 0 Å². The molecule has 1 aliphatic heterocycles. The molecular formula is C33H34ClFN4O4S. The van der Waals surface area contributed by atoms with E-state index in [4.69, 9.17) is 26.1 Å². The van der Waals surface area contributed by atoms with E-state index in [0.717, 1.165) is 17.0 Å². The molecule has 0 aliphatic carbocycles. The zero-order valence-corrected chi connectivity index (χ0v) is 27.3. The molecule has 2 aromatic carbocycles. The van der Waals surface area contributed by atoms with Gasteiger partial charge in [0, 0.05) is 35.7 Å². The fourth-order valence-corrected chi connectivity index (χ4v) is 6.93. The summed E-state index contributed by atoms with van der Waals surface area (Å²) >= 11 is 7.33. The molecule has 0 fully saturated rings. The smallest absolute Gasteiger partial charge is 0.271 e. The average molecular weight is 637 g/mol. The molecule has 2 aromatic heterocycles. The summed E-state index contributed by atoms with van der Waals surface area (Å²) in [5.74, 6) is 0.407. The topological polar surface area (TPSA) is 78.1 Å². The fourth-order valence-electron chi connectivity index (χ4n) is 5.72. The molecule has 0 N–H and O–H groups in total. The lowest BCUT2D eigenvalue weighted by Gasteiger charge is -2.30. The van der Waals surface area contributed by atoms with Gasteiger partial charge in [-0.1, -0.05) is 22.9 Å². The number of rotatable bonds is 8. The highest BCUT2D eigenvalue weighted by Gasteiger charge is 2.36. The molecule has 0 unspecified atom stereocenters. The number of ether oxygens (including phenoxy) is 2. The number of hydrogen-bond donors (Lipinski definition) is 0. The van der Waals surface area contributed by atoms with E-state index in [-0.39, 0.29) is 16.5 Å². The number of halogens is 2. The third-order valence-corrected chi connectivity index (χ3v) is 9.23. The van der Waals surface area contributed by atoms with Gasteiger partial charge in [0.15, 0.2) is 4.80 Å². The number of fused-ring (bicyclic) bond motifs is 1. The number of carbonyl (C=O) groups excluding carboxylic acids is 1. The van der Waals surface area contributed by atoms with E-state index in [1.807, 2.05) is 44.4 Å². The number of aromatic nitrogens is 2. The van der Waals surface area contributed by atoms with E-state index in [1.165, 1.54) is 17.4 Å². The second-order valence-electron chi connectivity index (χ2n) is 10.4. The highest BCUT2D eigenvalue weighted by molar-refractivity contribution is 7.07. The standard InChI is InChI=1S/C33H34ClFN4O4S/c1-8-37(9-2)32(41)29-19(4)36-33-39(30(29)24-17-23(42-6)11-13-27(24)43-7)31(40)28(44-33)15-21-14-18(3)38(20(21)5)22-10-12-26(35)25(34)16-22/h10-17,30H,8-9H2,1-7H3/b28-15+/t30-/m0/s1. The summed E-state index contributed by atoms with van der Waals surface area (Å²) in [5.41, 5.74) is 4.57. The Morgan fingerprint density at radius 3 is 2.45 bits per heavy atom. The number of benzene rings is 2. The van der Waals surface area contributed by atoms with E-state index < -0.39 is 11.9 Å². The van der Waals surface area contributed by atoms with E-state index in [1.54, 1.807) is 60.9 Å². The van der Waals surface area contributed by atoms with Crippen LogP contribution in [0.3, 0.4) is 0 Å². The van der Waals surface area contributed by atoms with Crippen LogP contribution in [-0.2, 0) is 4.79 Å². The average Bonchev–Trinajstić information content (AvgIpc) is 3.47. The van der Waals surface area contributed by atoms with Crippen molar-refractivity contribution in [2.45, 2.75) is 40.7 Å². The van der Waals surface area contributed by atoms with Crippen molar-refractivity contribution in [1.82, 2.24) is 14.0 Å². The minimum atomic E-state index is -0.791. The summed E-state index contributed by atoms with van der Waals surface area (Å²) in [4.78, 5) is 35.2. The number of likely N-dealkylation sites (N-methyl/N-ethyl adjacent to an activating group) is 1. The molecule has 0 saturated carbocycles. The number of methoxy groups -OCH3 is 2. The Morgan fingerprint density at radius 2 is 1.82 bits per heavy atom. The first kappa shape index (κ1) is 31.3. The molecule has 0 radical (unpaired) electrons. The fraction of sp³-hybridized carbons (Fsp3) is 0.303. The number of allylic oxidation sites excluding steroid dienone is 1. The first-order valence-electron chi connectivity index (χ1n) is 14.2. The molecule has 1 atom stereocenters. The van der Waals surface area contributed by atoms with Crippen LogP contribution in [0.15, 0.2) is 63.5 Å². The Labute approximate surface area is 263 Å². The van der Waals surface area contributed by atoms with Crippen molar-refractivity contribution in [3.05, 3.63) is 107 Å². The largest absolute Gasteiger partial charge is 0.497 e. The molecule has 3 heterocycles. The van der Waals surface area contributed by atoms with Crippen LogP contribution in [0.1, 0.15) is 49.3 Å². The van der Waals surface area contributed by atoms with E-state index in [2.05, 4.69) is 0 Å².